The highest BCUT2D eigenvalue weighted by molar-refractivity contribution is 6.36. The second kappa shape index (κ2) is 10.2. The van der Waals surface area contributed by atoms with E-state index in [1.54, 1.807) is 0 Å². The summed E-state index contributed by atoms with van der Waals surface area (Å²) in [6.07, 6.45) is 9.11. The first-order chi connectivity index (χ1) is 25.8. The zero-order valence-electron chi connectivity index (χ0n) is 28.8. The maximum atomic E-state index is 2.51. The first-order valence-corrected chi connectivity index (χ1v) is 18.4. The summed E-state index contributed by atoms with van der Waals surface area (Å²) in [4.78, 5) is 0. The number of fused-ring (bicyclic) bond motifs is 14. The Morgan fingerprint density at radius 2 is 1.13 bits per heavy atom. The van der Waals surface area contributed by atoms with Crippen molar-refractivity contribution >= 4 is 93.7 Å². The van der Waals surface area contributed by atoms with E-state index in [0.29, 0.717) is 0 Å². The molecule has 0 spiro atoms. The van der Waals surface area contributed by atoms with Gasteiger partial charge in [0.1, 0.15) is 0 Å². The van der Waals surface area contributed by atoms with Crippen molar-refractivity contribution in [1.82, 2.24) is 13.5 Å². The standard InChI is InChI=1S/C49H33N3/c1-2-30-12-11-18-36-35-15-5-8-19-41(35)50(44(36)26-30)33-22-24-34(25-23-33)51-45-28-32-14-4-3-13-31(32)27-40(45)47-46(51)29-39-37-16-6-9-20-42(37)52-43-21-10-7-17-38(43)48(47)49(39)52/h3-11,13-29H,2,12H2,1H3. The zero-order chi connectivity index (χ0) is 34.1. The monoisotopic (exact) mass is 663 g/mol. The molecule has 0 bridgehead atoms. The Hall–Kier alpha value is -6.58. The van der Waals surface area contributed by atoms with Crippen LogP contribution in [0.5, 0.6) is 0 Å². The van der Waals surface area contributed by atoms with Gasteiger partial charge in [0.25, 0.3) is 0 Å². The number of benzene rings is 7. The van der Waals surface area contributed by atoms with Gasteiger partial charge >= 0.3 is 0 Å². The Morgan fingerprint density at radius 1 is 0.500 bits per heavy atom. The van der Waals surface area contributed by atoms with Crippen LogP contribution in [0.25, 0.3) is 105 Å². The highest BCUT2D eigenvalue weighted by Gasteiger charge is 2.24. The number of hydrogen-bond donors (Lipinski definition) is 0. The predicted octanol–water partition coefficient (Wildman–Crippen LogP) is 13.2. The van der Waals surface area contributed by atoms with Crippen LogP contribution in [0.3, 0.4) is 0 Å². The third-order valence-electron chi connectivity index (χ3n) is 11.7. The van der Waals surface area contributed by atoms with Gasteiger partial charge in [0, 0.05) is 54.6 Å². The van der Waals surface area contributed by atoms with E-state index >= 15 is 0 Å². The number of nitrogens with zero attached hydrogens (tertiary/aromatic N) is 3. The molecule has 0 amide bonds. The van der Waals surface area contributed by atoms with Crippen molar-refractivity contribution < 1.29 is 0 Å². The molecule has 4 aromatic heterocycles. The van der Waals surface area contributed by atoms with Crippen LogP contribution in [-0.4, -0.2) is 13.5 Å². The maximum Gasteiger partial charge on any atom is 0.0628 e. The Balaban J connectivity index is 1.19. The molecule has 3 nitrogen and oxygen atoms in total. The van der Waals surface area contributed by atoms with E-state index in [1.165, 1.54) is 104 Å². The largest absolute Gasteiger partial charge is 0.309 e. The third-order valence-corrected chi connectivity index (χ3v) is 11.7. The molecule has 0 fully saturated rings. The van der Waals surface area contributed by atoms with Crippen molar-refractivity contribution in [2.45, 2.75) is 19.8 Å². The molecule has 4 heterocycles. The molecule has 3 heteroatoms. The smallest absolute Gasteiger partial charge is 0.0628 e. The lowest BCUT2D eigenvalue weighted by atomic mass is 10.0. The molecule has 0 atom stereocenters. The van der Waals surface area contributed by atoms with Crippen molar-refractivity contribution in [3.8, 4) is 11.4 Å². The molecular weight excluding hydrogens is 631 g/mol. The first-order valence-electron chi connectivity index (χ1n) is 18.4. The highest BCUT2D eigenvalue weighted by atomic mass is 15.0. The quantitative estimate of drug-likeness (QED) is 0.179. The van der Waals surface area contributed by atoms with Crippen LogP contribution >= 0.6 is 0 Å². The van der Waals surface area contributed by atoms with Gasteiger partial charge in [-0.1, -0.05) is 104 Å². The Bertz CT molecular complexity index is 3340. The van der Waals surface area contributed by atoms with Crippen molar-refractivity contribution in [1.29, 1.82) is 0 Å². The number of aromatic nitrogens is 3. The summed E-state index contributed by atoms with van der Waals surface area (Å²) >= 11 is 0. The Labute approximate surface area is 299 Å². The molecule has 244 valence electrons. The van der Waals surface area contributed by atoms with E-state index in [0.717, 1.165) is 18.5 Å². The topological polar surface area (TPSA) is 14.3 Å². The fourth-order valence-electron chi connectivity index (χ4n) is 9.43. The molecule has 0 N–H and O–H groups in total. The van der Waals surface area contributed by atoms with Gasteiger partial charge in [0.15, 0.2) is 0 Å². The summed E-state index contributed by atoms with van der Waals surface area (Å²) in [6, 6.07) is 52.0. The molecule has 0 saturated heterocycles. The minimum Gasteiger partial charge on any atom is -0.309 e. The normalized spacial score (nSPS) is 13.5. The average Bonchev–Trinajstić information content (AvgIpc) is 3.85. The summed E-state index contributed by atoms with van der Waals surface area (Å²) in [5.41, 5.74) is 13.9. The zero-order valence-corrected chi connectivity index (χ0v) is 28.8. The van der Waals surface area contributed by atoms with Gasteiger partial charge in [-0.3, -0.25) is 0 Å². The minimum atomic E-state index is 0.999. The maximum absolute atomic E-state index is 2.51. The first kappa shape index (κ1) is 28.2. The van der Waals surface area contributed by atoms with Gasteiger partial charge in [-0.2, -0.15) is 0 Å². The van der Waals surface area contributed by atoms with Crippen LogP contribution in [0.1, 0.15) is 31.0 Å². The Kier molecular flexibility index (Phi) is 5.55. The molecule has 7 aromatic carbocycles. The van der Waals surface area contributed by atoms with Crippen LogP contribution in [0.4, 0.5) is 0 Å². The van der Waals surface area contributed by atoms with E-state index < -0.39 is 0 Å². The van der Waals surface area contributed by atoms with E-state index in [-0.39, 0.29) is 0 Å². The summed E-state index contributed by atoms with van der Waals surface area (Å²) in [5, 5.41) is 11.6. The van der Waals surface area contributed by atoms with E-state index in [1.807, 2.05) is 0 Å². The van der Waals surface area contributed by atoms with Crippen LogP contribution in [0.2, 0.25) is 0 Å². The fourth-order valence-corrected chi connectivity index (χ4v) is 9.43. The second-order valence-electron chi connectivity index (χ2n) is 14.4. The molecule has 0 saturated carbocycles. The molecule has 0 unspecified atom stereocenters. The summed E-state index contributed by atoms with van der Waals surface area (Å²) in [5.74, 6) is 0. The second-order valence-corrected chi connectivity index (χ2v) is 14.4. The van der Waals surface area contributed by atoms with Crippen LogP contribution < -0.4 is 0 Å². The summed E-state index contributed by atoms with van der Waals surface area (Å²) < 4.78 is 7.46. The van der Waals surface area contributed by atoms with Gasteiger partial charge in [-0.15, -0.1) is 0 Å². The van der Waals surface area contributed by atoms with Crippen molar-refractivity contribution in [3.63, 3.8) is 0 Å². The Morgan fingerprint density at radius 3 is 1.90 bits per heavy atom. The number of para-hydroxylation sites is 3. The number of allylic oxidation sites excluding steroid dienone is 2. The predicted molar refractivity (Wildman–Crippen MR) is 222 cm³/mol. The lowest BCUT2D eigenvalue weighted by Crippen LogP contribution is -1.99. The average molecular weight is 664 g/mol. The molecule has 1 aliphatic rings. The van der Waals surface area contributed by atoms with Crippen molar-refractivity contribution in [2.75, 3.05) is 0 Å². The van der Waals surface area contributed by atoms with Crippen LogP contribution in [0, 0.1) is 0 Å². The van der Waals surface area contributed by atoms with Crippen LogP contribution in [0.15, 0.2) is 151 Å². The molecule has 0 radical (unpaired) electrons. The van der Waals surface area contributed by atoms with Gasteiger partial charge in [-0.05, 0) is 90.4 Å². The number of hydrogen-bond acceptors (Lipinski definition) is 0. The van der Waals surface area contributed by atoms with Gasteiger partial charge in [0.2, 0.25) is 0 Å². The SMILES string of the molecule is CCC1=Cc2c(c3ccccc3n2-c2ccc(-n3c4cc5ccccc5cc4c4c5c6ccccc6n6c7ccccc7c(cc43)c56)cc2)C=CC1. The summed E-state index contributed by atoms with van der Waals surface area (Å²) in [7, 11) is 0. The van der Waals surface area contributed by atoms with Crippen molar-refractivity contribution in [3.05, 3.63) is 162 Å². The molecule has 11 aromatic rings. The van der Waals surface area contributed by atoms with Gasteiger partial charge in [-0.25, -0.2) is 0 Å². The van der Waals surface area contributed by atoms with E-state index in [9.17, 15) is 0 Å². The van der Waals surface area contributed by atoms with Crippen molar-refractivity contribution in [2.24, 2.45) is 0 Å². The lowest BCUT2D eigenvalue weighted by Gasteiger charge is -2.13. The van der Waals surface area contributed by atoms with Gasteiger partial charge in [0.05, 0.1) is 38.8 Å². The van der Waals surface area contributed by atoms with E-state index in [2.05, 4.69) is 178 Å². The molecule has 1 aliphatic carbocycles. The fraction of sp³-hybridized carbons (Fsp3) is 0.0612. The molecule has 0 aliphatic heterocycles. The van der Waals surface area contributed by atoms with Crippen LogP contribution in [-0.2, 0) is 0 Å². The third kappa shape index (κ3) is 3.60. The minimum absolute atomic E-state index is 0.999. The lowest BCUT2D eigenvalue weighted by molar-refractivity contribution is 1.04. The number of rotatable bonds is 3. The highest BCUT2D eigenvalue weighted by Crippen LogP contribution is 2.47. The molecule has 12 rings (SSSR count). The molecular formula is C49H33N3. The summed E-state index contributed by atoms with van der Waals surface area (Å²) in [6.45, 7) is 2.26. The molecule has 52 heavy (non-hydrogen) atoms. The van der Waals surface area contributed by atoms with Gasteiger partial charge < -0.3 is 13.5 Å². The van der Waals surface area contributed by atoms with E-state index in [4.69, 9.17) is 0 Å².